The molecule has 0 unspecified atom stereocenters. The van der Waals surface area contributed by atoms with Crippen molar-refractivity contribution in [3.05, 3.63) is 29.3 Å². The standard InChI is InChI=1S/C14H14F3N5O2/c1-22-12(8-3-2-4-9(8)21-22)13(23)20-10-5-18-6-11(19-10)24-7-14(15,16)17/h5-6H,2-4,7H2,1H3,(H,19,20,23). The summed E-state index contributed by atoms with van der Waals surface area (Å²) in [5, 5.41) is 6.82. The predicted octanol–water partition coefficient (Wildman–Crippen LogP) is 1.89. The van der Waals surface area contributed by atoms with Gasteiger partial charge < -0.3 is 10.1 Å². The van der Waals surface area contributed by atoms with Gasteiger partial charge in [-0.1, -0.05) is 0 Å². The maximum Gasteiger partial charge on any atom is 0.422 e. The molecule has 1 aliphatic rings. The Bertz CT molecular complexity index is 772. The highest BCUT2D eigenvalue weighted by Crippen LogP contribution is 2.25. The van der Waals surface area contributed by atoms with Gasteiger partial charge in [0.2, 0.25) is 5.88 Å². The summed E-state index contributed by atoms with van der Waals surface area (Å²) in [5.41, 5.74) is 2.22. The van der Waals surface area contributed by atoms with E-state index in [1.807, 2.05) is 0 Å². The Morgan fingerprint density at radius 2 is 2.17 bits per heavy atom. The Morgan fingerprint density at radius 1 is 1.38 bits per heavy atom. The third-order valence-electron chi connectivity index (χ3n) is 3.52. The summed E-state index contributed by atoms with van der Waals surface area (Å²) < 4.78 is 42.5. The van der Waals surface area contributed by atoms with Crippen molar-refractivity contribution in [2.75, 3.05) is 11.9 Å². The molecular weight excluding hydrogens is 327 g/mol. The van der Waals surface area contributed by atoms with Crippen LogP contribution in [-0.2, 0) is 19.9 Å². The molecular formula is C14H14F3N5O2. The van der Waals surface area contributed by atoms with Gasteiger partial charge in [0.15, 0.2) is 12.4 Å². The van der Waals surface area contributed by atoms with Crippen LogP contribution in [0.15, 0.2) is 12.4 Å². The zero-order valence-corrected chi connectivity index (χ0v) is 12.7. The number of anilines is 1. The largest absolute Gasteiger partial charge is 0.467 e. The summed E-state index contributed by atoms with van der Waals surface area (Å²) in [6, 6.07) is 0. The van der Waals surface area contributed by atoms with Gasteiger partial charge in [-0.15, -0.1) is 0 Å². The second-order valence-electron chi connectivity index (χ2n) is 5.35. The number of carbonyl (C=O) groups excluding carboxylic acids is 1. The molecule has 10 heteroatoms. The summed E-state index contributed by atoms with van der Waals surface area (Å²) in [4.78, 5) is 19.9. The molecule has 1 N–H and O–H groups in total. The summed E-state index contributed by atoms with van der Waals surface area (Å²) in [5.74, 6) is -0.747. The number of alkyl halides is 3. The molecule has 0 aromatic carbocycles. The van der Waals surface area contributed by atoms with Crippen LogP contribution >= 0.6 is 0 Å². The number of ether oxygens (including phenoxy) is 1. The van der Waals surface area contributed by atoms with Gasteiger partial charge in [-0.25, -0.2) is 0 Å². The van der Waals surface area contributed by atoms with Crippen molar-refractivity contribution < 1.29 is 22.7 Å². The molecule has 2 aromatic rings. The van der Waals surface area contributed by atoms with Gasteiger partial charge in [-0.2, -0.15) is 23.3 Å². The maximum absolute atomic E-state index is 12.4. The average Bonchev–Trinajstić information content (AvgIpc) is 3.04. The Balaban J connectivity index is 1.73. The van der Waals surface area contributed by atoms with E-state index in [9.17, 15) is 18.0 Å². The van der Waals surface area contributed by atoms with E-state index in [0.717, 1.165) is 36.7 Å². The smallest absolute Gasteiger partial charge is 0.422 e. The molecule has 2 aromatic heterocycles. The van der Waals surface area contributed by atoms with Crippen LogP contribution < -0.4 is 10.1 Å². The number of fused-ring (bicyclic) bond motifs is 1. The van der Waals surface area contributed by atoms with Gasteiger partial charge in [0.1, 0.15) is 5.69 Å². The number of nitrogens with one attached hydrogen (secondary N) is 1. The first-order valence-corrected chi connectivity index (χ1v) is 7.21. The van der Waals surface area contributed by atoms with E-state index in [1.54, 1.807) is 7.05 Å². The second kappa shape index (κ2) is 6.10. The molecule has 24 heavy (non-hydrogen) atoms. The lowest BCUT2D eigenvalue weighted by Crippen LogP contribution is -2.21. The number of aryl methyl sites for hydroxylation is 2. The summed E-state index contributed by atoms with van der Waals surface area (Å²) in [6.45, 7) is -1.48. The molecule has 1 amide bonds. The molecule has 0 bridgehead atoms. The van der Waals surface area contributed by atoms with Crippen LogP contribution in [0.2, 0.25) is 0 Å². The molecule has 0 spiro atoms. The molecule has 2 heterocycles. The van der Waals surface area contributed by atoms with Gasteiger partial charge in [-0.3, -0.25) is 14.5 Å². The highest BCUT2D eigenvalue weighted by molar-refractivity contribution is 6.03. The third-order valence-corrected chi connectivity index (χ3v) is 3.52. The number of hydrogen-bond donors (Lipinski definition) is 1. The fourth-order valence-corrected chi connectivity index (χ4v) is 2.61. The summed E-state index contributed by atoms with van der Waals surface area (Å²) >= 11 is 0. The van der Waals surface area contributed by atoms with E-state index in [0.29, 0.717) is 5.69 Å². The Labute approximate surface area is 134 Å². The Hall–Kier alpha value is -2.65. The van der Waals surface area contributed by atoms with Gasteiger partial charge in [0, 0.05) is 12.6 Å². The molecule has 0 aliphatic heterocycles. The first kappa shape index (κ1) is 16.2. The first-order chi connectivity index (χ1) is 11.3. The van der Waals surface area contributed by atoms with Crippen molar-refractivity contribution in [2.45, 2.75) is 25.4 Å². The minimum Gasteiger partial charge on any atom is -0.467 e. The van der Waals surface area contributed by atoms with Gasteiger partial charge in [0.25, 0.3) is 5.91 Å². The van der Waals surface area contributed by atoms with Gasteiger partial charge in [0.05, 0.1) is 18.1 Å². The second-order valence-corrected chi connectivity index (χ2v) is 5.35. The monoisotopic (exact) mass is 341 g/mol. The van der Waals surface area contributed by atoms with Crippen LogP contribution in [0.5, 0.6) is 5.88 Å². The molecule has 7 nitrogen and oxygen atoms in total. The molecule has 128 valence electrons. The average molecular weight is 341 g/mol. The predicted molar refractivity (Wildman–Crippen MR) is 76.8 cm³/mol. The molecule has 1 aliphatic carbocycles. The molecule has 3 rings (SSSR count). The number of halogens is 3. The van der Waals surface area contributed by atoms with E-state index in [-0.39, 0.29) is 11.7 Å². The van der Waals surface area contributed by atoms with Crippen LogP contribution in [0.3, 0.4) is 0 Å². The SMILES string of the molecule is Cn1nc2c(c1C(=O)Nc1cncc(OCC(F)(F)F)n1)CCC2. The Morgan fingerprint density at radius 3 is 2.92 bits per heavy atom. The first-order valence-electron chi connectivity index (χ1n) is 7.21. The fraction of sp³-hybridized carbons (Fsp3) is 0.429. The van der Waals surface area contributed by atoms with Crippen molar-refractivity contribution in [2.24, 2.45) is 7.05 Å². The number of rotatable bonds is 4. The lowest BCUT2D eigenvalue weighted by molar-refractivity contribution is -0.154. The number of hydrogen-bond acceptors (Lipinski definition) is 5. The summed E-state index contributed by atoms with van der Waals surface area (Å²) in [6.07, 6.45) is 0.344. The quantitative estimate of drug-likeness (QED) is 0.918. The van der Waals surface area contributed by atoms with Crippen LogP contribution in [0.1, 0.15) is 28.2 Å². The van der Waals surface area contributed by atoms with E-state index in [2.05, 4.69) is 25.1 Å². The number of amides is 1. The highest BCUT2D eigenvalue weighted by atomic mass is 19.4. The maximum atomic E-state index is 12.4. The minimum absolute atomic E-state index is 0.00706. The van der Waals surface area contributed by atoms with E-state index in [4.69, 9.17) is 0 Å². The minimum atomic E-state index is -4.48. The van der Waals surface area contributed by atoms with Crippen molar-refractivity contribution in [3.8, 4) is 5.88 Å². The Kier molecular flexibility index (Phi) is 4.12. The molecule has 0 radical (unpaired) electrons. The number of aromatic nitrogens is 4. The van der Waals surface area contributed by atoms with Crippen molar-refractivity contribution >= 4 is 11.7 Å². The van der Waals surface area contributed by atoms with E-state index >= 15 is 0 Å². The van der Waals surface area contributed by atoms with Crippen LogP contribution in [0.25, 0.3) is 0 Å². The zero-order valence-electron chi connectivity index (χ0n) is 12.7. The van der Waals surface area contributed by atoms with Crippen molar-refractivity contribution in [1.82, 2.24) is 19.7 Å². The lowest BCUT2D eigenvalue weighted by atomic mass is 10.2. The van der Waals surface area contributed by atoms with Crippen LogP contribution in [0.4, 0.5) is 19.0 Å². The third kappa shape index (κ3) is 3.47. The number of nitrogens with zero attached hydrogens (tertiary/aromatic N) is 4. The van der Waals surface area contributed by atoms with E-state index < -0.39 is 18.7 Å². The topological polar surface area (TPSA) is 81.9 Å². The highest BCUT2D eigenvalue weighted by Gasteiger charge is 2.29. The van der Waals surface area contributed by atoms with Crippen molar-refractivity contribution in [3.63, 3.8) is 0 Å². The molecule has 0 fully saturated rings. The fourth-order valence-electron chi connectivity index (χ4n) is 2.61. The lowest BCUT2D eigenvalue weighted by Gasteiger charge is -2.10. The molecule has 0 atom stereocenters. The number of carbonyl (C=O) groups is 1. The normalized spacial score (nSPS) is 13.7. The molecule has 0 saturated carbocycles. The van der Waals surface area contributed by atoms with Crippen molar-refractivity contribution in [1.29, 1.82) is 0 Å². The van der Waals surface area contributed by atoms with Crippen LogP contribution in [0, 0.1) is 0 Å². The van der Waals surface area contributed by atoms with Gasteiger partial charge in [-0.05, 0) is 19.3 Å². The van der Waals surface area contributed by atoms with Gasteiger partial charge >= 0.3 is 6.18 Å². The van der Waals surface area contributed by atoms with Crippen LogP contribution in [-0.4, -0.2) is 38.4 Å². The molecule has 0 saturated heterocycles. The zero-order chi connectivity index (χ0) is 17.3. The summed E-state index contributed by atoms with van der Waals surface area (Å²) in [7, 11) is 1.67. The van der Waals surface area contributed by atoms with E-state index in [1.165, 1.54) is 10.9 Å².